The molecule has 0 radical (unpaired) electrons. The summed E-state index contributed by atoms with van der Waals surface area (Å²) in [6.07, 6.45) is 2.59. The maximum absolute atomic E-state index is 13.2. The van der Waals surface area contributed by atoms with Gasteiger partial charge in [-0.2, -0.15) is 4.31 Å². The van der Waals surface area contributed by atoms with Crippen molar-refractivity contribution in [3.05, 3.63) is 58.5 Å². The first-order chi connectivity index (χ1) is 15.7. The monoisotopic (exact) mass is 470 g/mol. The lowest BCUT2D eigenvalue weighted by atomic mass is 10.1. The molecule has 0 spiro atoms. The quantitative estimate of drug-likeness (QED) is 0.573. The van der Waals surface area contributed by atoms with Crippen molar-refractivity contribution in [1.29, 1.82) is 0 Å². The highest BCUT2D eigenvalue weighted by Crippen LogP contribution is 2.25. The molecule has 0 saturated carbocycles. The minimum atomic E-state index is -3.65. The van der Waals surface area contributed by atoms with Crippen LogP contribution in [0.1, 0.15) is 45.2 Å². The van der Waals surface area contributed by atoms with E-state index in [0.29, 0.717) is 29.8 Å². The number of fused-ring (bicyclic) bond motifs is 1. The van der Waals surface area contributed by atoms with Crippen molar-refractivity contribution in [3.63, 3.8) is 0 Å². The second-order valence-electron chi connectivity index (χ2n) is 8.69. The number of benzene rings is 2. The second-order valence-corrected chi connectivity index (χ2v) is 10.6. The Morgan fingerprint density at radius 1 is 1.03 bits per heavy atom. The number of carbonyl (C=O) groups is 1. The molecule has 1 aliphatic rings. The van der Waals surface area contributed by atoms with Crippen LogP contribution in [0.4, 0.5) is 5.69 Å². The molecule has 0 aliphatic carbocycles. The van der Waals surface area contributed by atoms with Crippen molar-refractivity contribution in [3.8, 4) is 0 Å². The number of anilines is 1. The van der Waals surface area contributed by atoms with Crippen LogP contribution in [0.25, 0.3) is 11.0 Å². The molecule has 0 atom stereocenters. The van der Waals surface area contributed by atoms with Gasteiger partial charge in [0.25, 0.3) is 0 Å². The van der Waals surface area contributed by atoms with E-state index in [0.717, 1.165) is 24.8 Å². The van der Waals surface area contributed by atoms with Gasteiger partial charge in [-0.1, -0.05) is 19.1 Å². The van der Waals surface area contributed by atoms with Gasteiger partial charge in [-0.25, -0.2) is 13.2 Å². The average molecular weight is 471 g/mol. The van der Waals surface area contributed by atoms with Crippen molar-refractivity contribution in [2.24, 2.45) is 0 Å². The largest absolute Gasteiger partial charge is 0.329 e. The summed E-state index contributed by atoms with van der Waals surface area (Å²) in [5, 5.41) is 2.83. The Kier molecular flexibility index (Phi) is 6.45. The van der Waals surface area contributed by atoms with E-state index in [1.54, 1.807) is 16.7 Å². The van der Waals surface area contributed by atoms with E-state index in [1.165, 1.54) is 14.9 Å². The van der Waals surface area contributed by atoms with E-state index in [2.05, 4.69) is 12.2 Å². The highest BCUT2D eigenvalue weighted by Gasteiger charge is 2.28. The third-order valence-electron chi connectivity index (χ3n) is 6.10. The first-order valence-electron chi connectivity index (χ1n) is 11.4. The zero-order chi connectivity index (χ0) is 23.8. The number of aryl methyl sites for hydroxylation is 1. The summed E-state index contributed by atoms with van der Waals surface area (Å²) >= 11 is 0. The van der Waals surface area contributed by atoms with Crippen molar-refractivity contribution < 1.29 is 13.2 Å². The number of hydrogen-bond donors (Lipinski definition) is 1. The molecule has 1 amide bonds. The zero-order valence-corrected chi connectivity index (χ0v) is 20.1. The molecule has 2 heterocycles. The summed E-state index contributed by atoms with van der Waals surface area (Å²) in [5.74, 6) is -0.350. The molecule has 1 N–H and O–H groups in total. The van der Waals surface area contributed by atoms with E-state index < -0.39 is 10.0 Å². The summed E-state index contributed by atoms with van der Waals surface area (Å²) in [6.45, 7) is 6.62. The van der Waals surface area contributed by atoms with Crippen LogP contribution in [0, 0.1) is 0 Å². The Morgan fingerprint density at radius 2 is 1.70 bits per heavy atom. The smallest absolute Gasteiger partial charge is 0.325 e. The molecule has 2 aromatic carbocycles. The number of aromatic nitrogens is 2. The van der Waals surface area contributed by atoms with Crippen molar-refractivity contribution in [1.82, 2.24) is 13.4 Å². The van der Waals surface area contributed by atoms with Gasteiger partial charge in [0.15, 0.2) is 0 Å². The Balaban J connectivity index is 1.71. The van der Waals surface area contributed by atoms with E-state index in [1.807, 2.05) is 38.1 Å². The molecule has 9 heteroatoms. The highest BCUT2D eigenvalue weighted by molar-refractivity contribution is 7.89. The fraction of sp³-hybridized carbons (Fsp3) is 0.417. The molecule has 33 heavy (non-hydrogen) atoms. The normalized spacial score (nSPS) is 14.9. The number of nitrogens with zero attached hydrogens (tertiary/aromatic N) is 3. The van der Waals surface area contributed by atoms with Gasteiger partial charge in [0.2, 0.25) is 15.9 Å². The van der Waals surface area contributed by atoms with Crippen molar-refractivity contribution in [2.45, 2.75) is 57.5 Å². The van der Waals surface area contributed by atoms with E-state index in [4.69, 9.17) is 0 Å². The lowest BCUT2D eigenvalue weighted by molar-refractivity contribution is -0.116. The number of hydrogen-bond acceptors (Lipinski definition) is 4. The zero-order valence-electron chi connectivity index (χ0n) is 19.2. The summed E-state index contributed by atoms with van der Waals surface area (Å²) in [5.41, 5.74) is 2.51. The van der Waals surface area contributed by atoms with Gasteiger partial charge in [-0.3, -0.25) is 13.9 Å². The predicted octanol–water partition coefficient (Wildman–Crippen LogP) is 3.37. The molecule has 3 aromatic rings. The van der Waals surface area contributed by atoms with E-state index in [9.17, 15) is 18.0 Å². The molecule has 0 bridgehead atoms. The van der Waals surface area contributed by atoms with Gasteiger partial charge in [0.1, 0.15) is 6.54 Å². The van der Waals surface area contributed by atoms with Gasteiger partial charge >= 0.3 is 5.69 Å². The lowest BCUT2D eigenvalue weighted by Crippen LogP contribution is -2.30. The summed E-state index contributed by atoms with van der Waals surface area (Å²) in [6, 6.07) is 12.1. The Labute approximate surface area is 193 Å². The van der Waals surface area contributed by atoms with Gasteiger partial charge in [-0.15, -0.1) is 0 Å². The highest BCUT2D eigenvalue weighted by atomic mass is 32.2. The molecule has 8 nitrogen and oxygen atoms in total. The first-order valence-corrected chi connectivity index (χ1v) is 12.8. The van der Waals surface area contributed by atoms with Gasteiger partial charge < -0.3 is 5.32 Å². The van der Waals surface area contributed by atoms with Gasteiger partial charge in [-0.05, 0) is 69.0 Å². The van der Waals surface area contributed by atoms with Crippen LogP contribution in [-0.4, -0.2) is 40.9 Å². The minimum absolute atomic E-state index is 0.141. The van der Waals surface area contributed by atoms with Crippen LogP contribution >= 0.6 is 0 Å². The third kappa shape index (κ3) is 4.47. The third-order valence-corrected chi connectivity index (χ3v) is 8.00. The number of imidazole rings is 1. The van der Waals surface area contributed by atoms with Crippen molar-refractivity contribution in [2.75, 3.05) is 18.4 Å². The molecule has 1 aromatic heterocycles. The number of sulfonamides is 1. The van der Waals surface area contributed by atoms with Crippen molar-refractivity contribution >= 4 is 32.7 Å². The fourth-order valence-electron chi connectivity index (χ4n) is 4.32. The number of amides is 1. The predicted molar refractivity (Wildman–Crippen MR) is 129 cm³/mol. The maximum Gasteiger partial charge on any atom is 0.329 e. The van der Waals surface area contributed by atoms with Crippen LogP contribution in [0.3, 0.4) is 0 Å². The van der Waals surface area contributed by atoms with Gasteiger partial charge in [0, 0.05) is 24.8 Å². The topological polar surface area (TPSA) is 93.4 Å². The fourth-order valence-corrected chi connectivity index (χ4v) is 5.85. The van der Waals surface area contributed by atoms with E-state index >= 15 is 0 Å². The first kappa shape index (κ1) is 23.3. The maximum atomic E-state index is 13.2. The number of carbonyl (C=O) groups excluding carboxylic acids is 1. The van der Waals surface area contributed by atoms with E-state index in [-0.39, 0.29) is 29.1 Å². The molecule has 176 valence electrons. The average Bonchev–Trinajstić information content (AvgIpc) is 3.42. The molecule has 1 aliphatic heterocycles. The summed E-state index contributed by atoms with van der Waals surface area (Å²) in [4.78, 5) is 26.1. The lowest BCUT2D eigenvalue weighted by Gasteiger charge is -2.16. The number of rotatable bonds is 7. The van der Waals surface area contributed by atoms with Crippen LogP contribution < -0.4 is 11.0 Å². The Bertz CT molecular complexity index is 1330. The standard InChI is InChI=1S/C24H30N4O4S/c1-4-18-7-9-19(10-8-18)25-23(29)16-27-22-15-20(33(31,32)26-13-5-6-14-26)11-12-21(22)28(17(2)3)24(27)30/h7-12,15,17H,4-6,13-14,16H2,1-3H3,(H,25,29). The summed E-state index contributed by atoms with van der Waals surface area (Å²) in [7, 11) is -3.65. The van der Waals surface area contributed by atoms with Crippen LogP contribution in [0.15, 0.2) is 52.2 Å². The number of nitrogens with one attached hydrogen (secondary N) is 1. The molecule has 4 rings (SSSR count). The summed E-state index contributed by atoms with van der Waals surface area (Å²) < 4.78 is 30.6. The SMILES string of the molecule is CCc1ccc(NC(=O)Cn2c(=O)n(C(C)C)c3ccc(S(=O)(=O)N4CCCC4)cc32)cc1. The molecule has 0 unspecified atom stereocenters. The van der Waals surface area contributed by atoms with Crippen LogP contribution in [0.5, 0.6) is 0 Å². The molecular formula is C24H30N4O4S. The Morgan fingerprint density at radius 3 is 2.30 bits per heavy atom. The van der Waals surface area contributed by atoms with Crippen LogP contribution in [-0.2, 0) is 27.8 Å². The second kappa shape index (κ2) is 9.15. The minimum Gasteiger partial charge on any atom is -0.325 e. The van der Waals surface area contributed by atoms with Gasteiger partial charge in [0.05, 0.1) is 15.9 Å². The molecule has 1 saturated heterocycles. The molecule has 1 fully saturated rings. The molecular weight excluding hydrogens is 440 g/mol. The Hall–Kier alpha value is -2.91. The van der Waals surface area contributed by atoms with Crippen LogP contribution in [0.2, 0.25) is 0 Å².